The Labute approximate surface area is 170 Å². The van der Waals surface area contributed by atoms with Crippen LogP contribution in [0.15, 0.2) is 36.4 Å². The average Bonchev–Trinajstić information content (AvgIpc) is 3.22. The van der Waals surface area contributed by atoms with E-state index in [-0.39, 0.29) is 12.7 Å². The van der Waals surface area contributed by atoms with Crippen LogP contribution in [0.5, 0.6) is 23.0 Å². The number of piperazine rings is 1. The Hall–Kier alpha value is -2.93. The van der Waals surface area contributed by atoms with E-state index in [4.69, 9.17) is 18.9 Å². The molecule has 2 aromatic carbocycles. The van der Waals surface area contributed by atoms with Crippen molar-refractivity contribution < 1.29 is 23.7 Å². The SMILES string of the molecule is COc1ccc(OC)c(CC(=O)N2CCN(Cc3ccc4c(c3)OCO4)CC2)c1. The van der Waals surface area contributed by atoms with Crippen molar-refractivity contribution in [2.24, 2.45) is 0 Å². The van der Waals surface area contributed by atoms with E-state index in [9.17, 15) is 4.79 Å². The molecule has 0 bridgehead atoms. The lowest BCUT2D eigenvalue weighted by Crippen LogP contribution is -2.48. The van der Waals surface area contributed by atoms with Crippen molar-refractivity contribution >= 4 is 5.91 Å². The Morgan fingerprint density at radius 2 is 1.76 bits per heavy atom. The Bertz CT molecular complexity index is 878. The van der Waals surface area contributed by atoms with E-state index < -0.39 is 0 Å². The van der Waals surface area contributed by atoms with Crippen LogP contribution in [-0.4, -0.2) is 62.9 Å². The topological polar surface area (TPSA) is 60.5 Å². The minimum absolute atomic E-state index is 0.110. The summed E-state index contributed by atoms with van der Waals surface area (Å²) in [5.74, 6) is 3.16. The maximum atomic E-state index is 12.8. The number of carbonyl (C=O) groups excluding carboxylic acids is 1. The number of fused-ring (bicyclic) bond motifs is 1. The molecule has 0 aliphatic carbocycles. The van der Waals surface area contributed by atoms with Crippen molar-refractivity contribution in [1.29, 1.82) is 0 Å². The Morgan fingerprint density at radius 3 is 2.52 bits per heavy atom. The molecule has 7 heteroatoms. The summed E-state index contributed by atoms with van der Waals surface area (Å²) in [4.78, 5) is 17.1. The molecule has 0 unspecified atom stereocenters. The summed E-state index contributed by atoms with van der Waals surface area (Å²) >= 11 is 0. The van der Waals surface area contributed by atoms with E-state index in [2.05, 4.69) is 11.0 Å². The van der Waals surface area contributed by atoms with Crippen molar-refractivity contribution in [2.75, 3.05) is 47.2 Å². The van der Waals surface area contributed by atoms with Gasteiger partial charge in [0.2, 0.25) is 12.7 Å². The van der Waals surface area contributed by atoms with Crippen LogP contribution in [-0.2, 0) is 17.8 Å². The van der Waals surface area contributed by atoms with E-state index in [1.807, 2.05) is 35.2 Å². The fraction of sp³-hybridized carbons (Fsp3) is 0.409. The Morgan fingerprint density at radius 1 is 0.966 bits per heavy atom. The molecule has 0 atom stereocenters. The van der Waals surface area contributed by atoms with Crippen molar-refractivity contribution in [3.8, 4) is 23.0 Å². The summed E-state index contributed by atoms with van der Waals surface area (Å²) in [7, 11) is 3.23. The van der Waals surface area contributed by atoms with Gasteiger partial charge in [-0.3, -0.25) is 9.69 Å². The van der Waals surface area contributed by atoms with Crippen molar-refractivity contribution in [3.63, 3.8) is 0 Å². The quantitative estimate of drug-likeness (QED) is 0.744. The number of hydrogen-bond acceptors (Lipinski definition) is 6. The van der Waals surface area contributed by atoms with Crippen LogP contribution in [0.2, 0.25) is 0 Å². The van der Waals surface area contributed by atoms with E-state index in [0.29, 0.717) is 12.2 Å². The van der Waals surface area contributed by atoms with Crippen LogP contribution in [0.4, 0.5) is 0 Å². The Balaban J connectivity index is 1.32. The normalized spacial score (nSPS) is 16.0. The third-order valence-electron chi connectivity index (χ3n) is 5.40. The fourth-order valence-corrected chi connectivity index (χ4v) is 3.75. The first-order valence-corrected chi connectivity index (χ1v) is 9.76. The molecule has 0 aromatic heterocycles. The zero-order valence-electron chi connectivity index (χ0n) is 16.8. The van der Waals surface area contributed by atoms with E-state index >= 15 is 0 Å². The predicted octanol–water partition coefficient (Wildman–Crippen LogP) is 2.32. The van der Waals surface area contributed by atoms with Crippen LogP contribution in [0, 0.1) is 0 Å². The number of rotatable bonds is 6. The molecule has 2 aliphatic rings. The maximum absolute atomic E-state index is 12.8. The zero-order valence-corrected chi connectivity index (χ0v) is 16.8. The molecule has 2 aromatic rings. The van der Waals surface area contributed by atoms with Crippen molar-refractivity contribution in [3.05, 3.63) is 47.5 Å². The highest BCUT2D eigenvalue weighted by Gasteiger charge is 2.23. The number of nitrogens with zero attached hydrogens (tertiary/aromatic N) is 2. The molecule has 2 heterocycles. The average molecular weight is 398 g/mol. The monoisotopic (exact) mass is 398 g/mol. The van der Waals surface area contributed by atoms with E-state index in [1.165, 1.54) is 5.56 Å². The van der Waals surface area contributed by atoms with Crippen LogP contribution >= 0.6 is 0 Å². The van der Waals surface area contributed by atoms with Gasteiger partial charge in [0.15, 0.2) is 11.5 Å². The molecular weight excluding hydrogens is 372 g/mol. The lowest BCUT2D eigenvalue weighted by Gasteiger charge is -2.35. The van der Waals surface area contributed by atoms with E-state index in [0.717, 1.165) is 55.5 Å². The number of carbonyl (C=O) groups is 1. The zero-order chi connectivity index (χ0) is 20.2. The first kappa shape index (κ1) is 19.4. The fourth-order valence-electron chi connectivity index (χ4n) is 3.75. The number of amides is 1. The lowest BCUT2D eigenvalue weighted by atomic mass is 10.1. The maximum Gasteiger partial charge on any atom is 0.231 e. The summed E-state index contributed by atoms with van der Waals surface area (Å²) in [5.41, 5.74) is 2.04. The van der Waals surface area contributed by atoms with Gasteiger partial charge >= 0.3 is 0 Å². The number of hydrogen-bond donors (Lipinski definition) is 0. The van der Waals surface area contributed by atoms with Crippen molar-refractivity contribution in [1.82, 2.24) is 9.80 Å². The van der Waals surface area contributed by atoms with Crippen LogP contribution < -0.4 is 18.9 Å². The van der Waals surface area contributed by atoms with Gasteiger partial charge in [-0.1, -0.05) is 6.07 Å². The van der Waals surface area contributed by atoms with Crippen molar-refractivity contribution in [2.45, 2.75) is 13.0 Å². The van der Waals surface area contributed by atoms with Crippen LogP contribution in [0.25, 0.3) is 0 Å². The molecule has 0 spiro atoms. The molecule has 4 rings (SSSR count). The number of ether oxygens (including phenoxy) is 4. The molecule has 2 aliphatic heterocycles. The summed E-state index contributed by atoms with van der Waals surface area (Å²) in [5, 5.41) is 0. The molecule has 7 nitrogen and oxygen atoms in total. The van der Waals surface area contributed by atoms with Gasteiger partial charge in [0.1, 0.15) is 11.5 Å². The summed E-state index contributed by atoms with van der Waals surface area (Å²) < 4.78 is 21.5. The van der Waals surface area contributed by atoms with Gasteiger partial charge < -0.3 is 23.8 Å². The van der Waals surface area contributed by atoms with Gasteiger partial charge in [0.25, 0.3) is 0 Å². The van der Waals surface area contributed by atoms with Gasteiger partial charge in [-0.15, -0.1) is 0 Å². The van der Waals surface area contributed by atoms with Gasteiger partial charge in [-0.2, -0.15) is 0 Å². The summed E-state index contributed by atoms with van der Waals surface area (Å²) in [6.07, 6.45) is 0.308. The minimum Gasteiger partial charge on any atom is -0.497 e. The molecule has 1 saturated heterocycles. The molecule has 1 amide bonds. The predicted molar refractivity (Wildman–Crippen MR) is 108 cm³/mol. The molecule has 0 N–H and O–H groups in total. The van der Waals surface area contributed by atoms with Crippen LogP contribution in [0.1, 0.15) is 11.1 Å². The van der Waals surface area contributed by atoms with Gasteiger partial charge in [0, 0.05) is 38.3 Å². The standard InChI is InChI=1S/C22H26N2O5/c1-26-18-4-6-19(27-2)17(12-18)13-22(25)24-9-7-23(8-10-24)14-16-3-5-20-21(11-16)29-15-28-20/h3-6,11-12H,7-10,13-15H2,1-2H3. The lowest BCUT2D eigenvalue weighted by molar-refractivity contribution is -0.132. The van der Waals surface area contributed by atoms with Gasteiger partial charge in [-0.25, -0.2) is 0 Å². The molecule has 0 radical (unpaired) electrons. The molecule has 1 fully saturated rings. The first-order valence-electron chi connectivity index (χ1n) is 9.76. The van der Waals surface area contributed by atoms with E-state index in [1.54, 1.807) is 14.2 Å². The Kier molecular flexibility index (Phi) is 5.76. The summed E-state index contributed by atoms with van der Waals surface area (Å²) in [6.45, 7) is 4.25. The second-order valence-electron chi connectivity index (χ2n) is 7.20. The highest BCUT2D eigenvalue weighted by atomic mass is 16.7. The van der Waals surface area contributed by atoms with Gasteiger partial charge in [-0.05, 0) is 35.9 Å². The summed E-state index contributed by atoms with van der Waals surface area (Å²) in [6, 6.07) is 11.6. The minimum atomic E-state index is 0.110. The molecular formula is C22H26N2O5. The van der Waals surface area contributed by atoms with Crippen LogP contribution in [0.3, 0.4) is 0 Å². The largest absolute Gasteiger partial charge is 0.497 e. The second-order valence-corrected chi connectivity index (χ2v) is 7.20. The number of benzene rings is 2. The molecule has 0 saturated carbocycles. The van der Waals surface area contributed by atoms with Gasteiger partial charge in [0.05, 0.1) is 20.6 Å². The highest BCUT2D eigenvalue weighted by molar-refractivity contribution is 5.79. The number of methoxy groups -OCH3 is 2. The third kappa shape index (κ3) is 4.40. The first-order chi connectivity index (χ1) is 14.2. The molecule has 29 heavy (non-hydrogen) atoms. The molecule has 154 valence electrons. The smallest absolute Gasteiger partial charge is 0.231 e. The third-order valence-corrected chi connectivity index (χ3v) is 5.40. The highest BCUT2D eigenvalue weighted by Crippen LogP contribution is 2.33. The second kappa shape index (κ2) is 8.61.